The van der Waals surface area contributed by atoms with E-state index in [9.17, 15) is 4.79 Å². The lowest BCUT2D eigenvalue weighted by Crippen LogP contribution is -2.52. The molecule has 2 atom stereocenters. The van der Waals surface area contributed by atoms with Crippen molar-refractivity contribution in [1.82, 2.24) is 4.90 Å². The van der Waals surface area contributed by atoms with Crippen molar-refractivity contribution in [3.63, 3.8) is 0 Å². The van der Waals surface area contributed by atoms with Crippen LogP contribution in [-0.4, -0.2) is 28.9 Å². The van der Waals surface area contributed by atoms with E-state index < -0.39 is 5.54 Å². The first-order valence-electron chi connectivity index (χ1n) is 4.92. The summed E-state index contributed by atoms with van der Waals surface area (Å²) in [6.45, 7) is 8.66. The number of likely N-dealkylation sites (tertiary alicyclic amines) is 1. The summed E-state index contributed by atoms with van der Waals surface area (Å²) in [7, 11) is 0. The second kappa shape index (κ2) is 3.29. The number of nitrogens with zero attached hydrogens (tertiary/aromatic N) is 1. The molecule has 1 aliphatic rings. The monoisotopic (exact) mass is 184 g/mol. The minimum Gasteiger partial charge on any atom is -0.338 e. The van der Waals surface area contributed by atoms with Crippen LogP contribution in [0.3, 0.4) is 0 Å². The van der Waals surface area contributed by atoms with E-state index in [4.69, 9.17) is 5.73 Å². The molecule has 0 radical (unpaired) electrons. The molecule has 0 bridgehead atoms. The second-order valence-electron chi connectivity index (χ2n) is 4.87. The van der Waals surface area contributed by atoms with Gasteiger partial charge in [-0.1, -0.05) is 6.92 Å². The van der Waals surface area contributed by atoms with Crippen LogP contribution in [0.1, 0.15) is 34.1 Å². The van der Waals surface area contributed by atoms with Crippen molar-refractivity contribution >= 4 is 5.91 Å². The molecular weight excluding hydrogens is 164 g/mol. The third-order valence-electron chi connectivity index (χ3n) is 2.60. The van der Waals surface area contributed by atoms with Crippen LogP contribution in [0.25, 0.3) is 0 Å². The van der Waals surface area contributed by atoms with Crippen LogP contribution < -0.4 is 5.73 Å². The molecule has 1 amide bonds. The molecule has 1 rings (SSSR count). The van der Waals surface area contributed by atoms with E-state index in [-0.39, 0.29) is 5.91 Å². The Kier molecular flexibility index (Phi) is 2.66. The van der Waals surface area contributed by atoms with E-state index in [1.165, 1.54) is 0 Å². The maximum absolute atomic E-state index is 11.8. The minimum absolute atomic E-state index is 0.0735. The molecule has 1 aliphatic heterocycles. The first-order valence-corrected chi connectivity index (χ1v) is 4.92. The molecule has 0 aromatic heterocycles. The Bertz CT molecular complexity index is 207. The van der Waals surface area contributed by atoms with Gasteiger partial charge in [0, 0.05) is 12.6 Å². The highest BCUT2D eigenvalue weighted by Gasteiger charge is 2.35. The molecule has 3 heteroatoms. The molecule has 1 saturated heterocycles. The van der Waals surface area contributed by atoms with Gasteiger partial charge in [0.25, 0.3) is 0 Å². The van der Waals surface area contributed by atoms with Crippen LogP contribution in [-0.2, 0) is 4.79 Å². The van der Waals surface area contributed by atoms with Crippen LogP contribution in [0.4, 0.5) is 0 Å². The Morgan fingerprint density at radius 1 is 1.46 bits per heavy atom. The number of carbonyl (C=O) groups is 1. The third kappa shape index (κ3) is 2.21. The molecule has 0 spiro atoms. The van der Waals surface area contributed by atoms with Crippen LogP contribution in [0.2, 0.25) is 0 Å². The van der Waals surface area contributed by atoms with E-state index in [0.29, 0.717) is 12.0 Å². The van der Waals surface area contributed by atoms with Gasteiger partial charge in [-0.3, -0.25) is 4.79 Å². The maximum atomic E-state index is 11.8. The van der Waals surface area contributed by atoms with Gasteiger partial charge in [0.05, 0.1) is 5.54 Å². The molecule has 0 aromatic carbocycles. The summed E-state index contributed by atoms with van der Waals surface area (Å²) >= 11 is 0. The van der Waals surface area contributed by atoms with Gasteiger partial charge >= 0.3 is 0 Å². The Morgan fingerprint density at radius 2 is 2.00 bits per heavy atom. The summed E-state index contributed by atoms with van der Waals surface area (Å²) < 4.78 is 0. The molecule has 0 saturated carbocycles. The van der Waals surface area contributed by atoms with Gasteiger partial charge in [-0.25, -0.2) is 0 Å². The van der Waals surface area contributed by atoms with Crippen molar-refractivity contribution < 1.29 is 4.79 Å². The van der Waals surface area contributed by atoms with E-state index >= 15 is 0 Å². The normalized spacial score (nSPS) is 29.5. The SMILES string of the molecule is CC1CC(C)N(C(=O)C(C)(C)N)C1. The highest BCUT2D eigenvalue weighted by Crippen LogP contribution is 2.24. The summed E-state index contributed by atoms with van der Waals surface area (Å²) in [5.41, 5.74) is 5.05. The number of amides is 1. The number of hydrogen-bond acceptors (Lipinski definition) is 2. The van der Waals surface area contributed by atoms with Crippen molar-refractivity contribution in [2.75, 3.05) is 6.54 Å². The lowest BCUT2D eigenvalue weighted by Gasteiger charge is -2.28. The van der Waals surface area contributed by atoms with Gasteiger partial charge in [0.15, 0.2) is 0 Å². The van der Waals surface area contributed by atoms with Gasteiger partial charge in [-0.2, -0.15) is 0 Å². The Morgan fingerprint density at radius 3 is 2.31 bits per heavy atom. The van der Waals surface area contributed by atoms with Gasteiger partial charge < -0.3 is 10.6 Å². The number of hydrogen-bond donors (Lipinski definition) is 1. The summed E-state index contributed by atoms with van der Waals surface area (Å²) in [5, 5.41) is 0. The highest BCUT2D eigenvalue weighted by atomic mass is 16.2. The summed E-state index contributed by atoms with van der Waals surface area (Å²) in [6.07, 6.45) is 1.10. The Hall–Kier alpha value is -0.570. The summed E-state index contributed by atoms with van der Waals surface area (Å²) in [6, 6.07) is 0.352. The fourth-order valence-electron chi connectivity index (χ4n) is 1.95. The molecule has 2 N–H and O–H groups in total. The third-order valence-corrected chi connectivity index (χ3v) is 2.60. The van der Waals surface area contributed by atoms with Gasteiger partial charge in [0.1, 0.15) is 0 Å². The summed E-state index contributed by atoms with van der Waals surface area (Å²) in [5.74, 6) is 0.686. The zero-order chi connectivity index (χ0) is 10.2. The average Bonchev–Trinajstić information content (AvgIpc) is 2.26. The van der Waals surface area contributed by atoms with Crippen molar-refractivity contribution in [1.29, 1.82) is 0 Å². The smallest absolute Gasteiger partial charge is 0.242 e. The second-order valence-corrected chi connectivity index (χ2v) is 4.87. The number of nitrogens with two attached hydrogens (primary N) is 1. The van der Waals surface area contributed by atoms with Crippen molar-refractivity contribution in [3.05, 3.63) is 0 Å². The quantitative estimate of drug-likeness (QED) is 0.660. The van der Waals surface area contributed by atoms with Gasteiger partial charge in [-0.15, -0.1) is 0 Å². The molecule has 3 nitrogen and oxygen atoms in total. The standard InChI is InChI=1S/C10H20N2O/c1-7-5-8(2)12(6-7)9(13)10(3,4)11/h7-8H,5-6,11H2,1-4H3. The topological polar surface area (TPSA) is 46.3 Å². The predicted molar refractivity (Wildman–Crippen MR) is 53.2 cm³/mol. The Labute approximate surface area is 80.3 Å². The van der Waals surface area contributed by atoms with Crippen LogP contribution >= 0.6 is 0 Å². The molecule has 0 aliphatic carbocycles. The van der Waals surface area contributed by atoms with Crippen molar-refractivity contribution in [2.45, 2.75) is 45.7 Å². The van der Waals surface area contributed by atoms with Crippen LogP contribution in [0, 0.1) is 5.92 Å². The van der Waals surface area contributed by atoms with Crippen LogP contribution in [0.15, 0.2) is 0 Å². The molecule has 1 fully saturated rings. The molecule has 0 aromatic rings. The number of carbonyl (C=O) groups excluding carboxylic acids is 1. The maximum Gasteiger partial charge on any atom is 0.242 e. The summed E-state index contributed by atoms with van der Waals surface area (Å²) in [4.78, 5) is 13.7. The van der Waals surface area contributed by atoms with Gasteiger partial charge in [-0.05, 0) is 33.1 Å². The van der Waals surface area contributed by atoms with Crippen molar-refractivity contribution in [2.24, 2.45) is 11.7 Å². The van der Waals surface area contributed by atoms with E-state index in [0.717, 1.165) is 13.0 Å². The van der Waals surface area contributed by atoms with E-state index in [1.807, 2.05) is 4.90 Å². The van der Waals surface area contributed by atoms with E-state index in [1.54, 1.807) is 13.8 Å². The highest BCUT2D eigenvalue weighted by molar-refractivity contribution is 5.85. The van der Waals surface area contributed by atoms with Gasteiger partial charge in [0.2, 0.25) is 5.91 Å². The molecule has 1 heterocycles. The lowest BCUT2D eigenvalue weighted by molar-refractivity contribution is -0.136. The average molecular weight is 184 g/mol. The first-order chi connectivity index (χ1) is 5.82. The molecule has 76 valence electrons. The largest absolute Gasteiger partial charge is 0.338 e. The lowest BCUT2D eigenvalue weighted by atomic mass is 10.1. The fourth-order valence-corrected chi connectivity index (χ4v) is 1.95. The fraction of sp³-hybridized carbons (Fsp3) is 0.900. The molecule has 2 unspecified atom stereocenters. The van der Waals surface area contributed by atoms with Crippen LogP contribution in [0.5, 0.6) is 0 Å². The zero-order valence-corrected chi connectivity index (χ0v) is 9.00. The van der Waals surface area contributed by atoms with Crippen molar-refractivity contribution in [3.8, 4) is 0 Å². The number of rotatable bonds is 1. The zero-order valence-electron chi connectivity index (χ0n) is 9.00. The Balaban J connectivity index is 2.68. The first kappa shape index (κ1) is 10.5. The minimum atomic E-state index is -0.724. The molecule has 13 heavy (non-hydrogen) atoms. The molecular formula is C10H20N2O. The predicted octanol–water partition coefficient (Wildman–Crippen LogP) is 0.981. The van der Waals surface area contributed by atoms with E-state index in [2.05, 4.69) is 13.8 Å².